The number of pyridine rings is 1. The smallest absolute Gasteiger partial charge is 0.227 e. The molecule has 0 saturated heterocycles. The van der Waals surface area contributed by atoms with Gasteiger partial charge in [-0.15, -0.1) is 11.3 Å². The van der Waals surface area contributed by atoms with Crippen LogP contribution in [0.1, 0.15) is 6.42 Å². The van der Waals surface area contributed by atoms with Crippen molar-refractivity contribution < 1.29 is 13.2 Å². The number of nitrogens with zero attached hydrogens (tertiary/aromatic N) is 2. The second-order valence-corrected chi connectivity index (χ2v) is 8.18. The van der Waals surface area contributed by atoms with Gasteiger partial charge in [0.2, 0.25) is 5.91 Å². The summed E-state index contributed by atoms with van der Waals surface area (Å²) < 4.78 is 24.4. The molecule has 0 aliphatic carbocycles. The summed E-state index contributed by atoms with van der Waals surface area (Å²) in [6.07, 6.45) is 3.23. The van der Waals surface area contributed by atoms with Gasteiger partial charge in [0.05, 0.1) is 16.3 Å². The molecule has 1 aromatic carbocycles. The van der Waals surface area contributed by atoms with Crippen molar-refractivity contribution in [2.45, 2.75) is 11.3 Å². The van der Waals surface area contributed by atoms with Gasteiger partial charge in [0.1, 0.15) is 0 Å². The molecule has 0 radical (unpaired) electrons. The molecule has 0 aliphatic rings. The van der Waals surface area contributed by atoms with Crippen molar-refractivity contribution in [3.8, 4) is 11.3 Å². The van der Waals surface area contributed by atoms with Gasteiger partial charge >= 0.3 is 0 Å². The fourth-order valence-electron chi connectivity index (χ4n) is 2.13. The largest absolute Gasteiger partial charge is 0.302 e. The lowest BCUT2D eigenvalue weighted by molar-refractivity contribution is -0.115. The Bertz CT molecular complexity index is 955. The number of sulfone groups is 1. The first-order valence-corrected chi connectivity index (χ1v) is 10.0. The number of nitrogens with one attached hydrogen (secondary N) is 1. The lowest BCUT2D eigenvalue weighted by Crippen LogP contribution is -2.17. The molecule has 0 fully saturated rings. The summed E-state index contributed by atoms with van der Waals surface area (Å²) in [5, 5.41) is 4.88. The van der Waals surface area contributed by atoms with Crippen LogP contribution < -0.4 is 5.32 Å². The number of aromatic nitrogens is 2. The summed E-state index contributed by atoms with van der Waals surface area (Å²) >= 11 is 1.28. The van der Waals surface area contributed by atoms with Crippen molar-refractivity contribution in [3.63, 3.8) is 0 Å². The predicted octanol–water partition coefficient (Wildman–Crippen LogP) is 3.01. The number of carbonyl (C=O) groups is 1. The molecule has 2 aromatic heterocycles. The first-order chi connectivity index (χ1) is 12.0. The highest BCUT2D eigenvalue weighted by atomic mass is 32.2. The lowest BCUT2D eigenvalue weighted by atomic mass is 10.2. The number of hydrogen-bond acceptors (Lipinski definition) is 6. The maximum absolute atomic E-state index is 12.2. The van der Waals surface area contributed by atoms with Gasteiger partial charge in [0.15, 0.2) is 15.0 Å². The van der Waals surface area contributed by atoms with E-state index in [-0.39, 0.29) is 23.0 Å². The molecule has 0 saturated carbocycles. The van der Waals surface area contributed by atoms with Gasteiger partial charge in [0, 0.05) is 29.8 Å². The fraction of sp³-hybridized carbons (Fsp3) is 0.118. The van der Waals surface area contributed by atoms with E-state index >= 15 is 0 Å². The van der Waals surface area contributed by atoms with Crippen molar-refractivity contribution in [1.82, 2.24) is 9.97 Å². The number of hydrogen-bond donors (Lipinski definition) is 1. The molecule has 6 nitrogen and oxygen atoms in total. The monoisotopic (exact) mass is 373 g/mol. The van der Waals surface area contributed by atoms with E-state index in [1.54, 1.807) is 36.7 Å². The van der Waals surface area contributed by atoms with Gasteiger partial charge in [-0.05, 0) is 24.3 Å². The van der Waals surface area contributed by atoms with Crippen LogP contribution in [0, 0.1) is 0 Å². The predicted molar refractivity (Wildman–Crippen MR) is 97.1 cm³/mol. The van der Waals surface area contributed by atoms with Crippen LogP contribution in [-0.4, -0.2) is 30.0 Å². The van der Waals surface area contributed by atoms with Crippen LogP contribution in [-0.2, 0) is 14.6 Å². The fourth-order valence-corrected chi connectivity index (χ4v) is 4.13. The molecule has 25 heavy (non-hydrogen) atoms. The number of thiazole rings is 1. The average Bonchev–Trinajstić information content (AvgIpc) is 3.10. The maximum atomic E-state index is 12.2. The maximum Gasteiger partial charge on any atom is 0.227 e. The van der Waals surface area contributed by atoms with Crippen LogP contribution in [0.4, 0.5) is 5.13 Å². The van der Waals surface area contributed by atoms with E-state index in [9.17, 15) is 13.2 Å². The number of anilines is 1. The van der Waals surface area contributed by atoms with Crippen LogP contribution in [0.25, 0.3) is 11.3 Å². The van der Waals surface area contributed by atoms with Gasteiger partial charge in [0.25, 0.3) is 0 Å². The van der Waals surface area contributed by atoms with E-state index in [0.29, 0.717) is 10.8 Å². The summed E-state index contributed by atoms with van der Waals surface area (Å²) in [4.78, 5) is 20.6. The van der Waals surface area contributed by atoms with Crippen LogP contribution in [0.3, 0.4) is 0 Å². The summed E-state index contributed by atoms with van der Waals surface area (Å²) in [5.41, 5.74) is 1.57. The van der Waals surface area contributed by atoms with E-state index in [4.69, 9.17) is 0 Å². The molecule has 8 heteroatoms. The Morgan fingerprint density at radius 1 is 1.12 bits per heavy atom. The van der Waals surface area contributed by atoms with Crippen LogP contribution in [0.5, 0.6) is 0 Å². The van der Waals surface area contributed by atoms with E-state index in [1.807, 2.05) is 11.4 Å². The molecule has 0 atom stereocenters. The van der Waals surface area contributed by atoms with Crippen molar-refractivity contribution in [1.29, 1.82) is 0 Å². The zero-order valence-electron chi connectivity index (χ0n) is 13.1. The lowest BCUT2D eigenvalue weighted by Gasteiger charge is -2.04. The first-order valence-electron chi connectivity index (χ1n) is 7.48. The molecule has 0 aliphatic heterocycles. The summed E-state index contributed by atoms with van der Waals surface area (Å²) in [6, 6.07) is 11.8. The number of benzene rings is 1. The summed E-state index contributed by atoms with van der Waals surface area (Å²) in [5.74, 6) is -0.629. The van der Waals surface area contributed by atoms with Gasteiger partial charge in [-0.2, -0.15) is 0 Å². The minimum atomic E-state index is -3.47. The zero-order valence-corrected chi connectivity index (χ0v) is 14.8. The third kappa shape index (κ3) is 4.49. The number of rotatable bonds is 6. The summed E-state index contributed by atoms with van der Waals surface area (Å²) in [7, 11) is -3.47. The molecule has 3 aromatic rings. The Balaban J connectivity index is 1.59. The van der Waals surface area contributed by atoms with Gasteiger partial charge in [-0.3, -0.25) is 9.78 Å². The van der Waals surface area contributed by atoms with E-state index in [1.165, 1.54) is 23.5 Å². The van der Waals surface area contributed by atoms with Gasteiger partial charge < -0.3 is 5.32 Å². The number of carbonyl (C=O) groups excluding carboxylic acids is 1. The van der Waals surface area contributed by atoms with Crippen LogP contribution in [0.2, 0.25) is 0 Å². The second kappa shape index (κ2) is 7.54. The standard InChI is InChI=1S/C17H15N3O3S2/c21-16(8-10-25(22,23)14-6-2-1-3-7-14)20-17-19-15(12-24-17)13-5-4-9-18-11-13/h1-7,9,11-12H,8,10H2,(H,19,20,21). The third-order valence-corrected chi connectivity index (χ3v) is 5.90. The third-order valence-electron chi connectivity index (χ3n) is 3.41. The highest BCUT2D eigenvalue weighted by Gasteiger charge is 2.16. The topological polar surface area (TPSA) is 89.0 Å². The molecule has 2 heterocycles. The molecule has 128 valence electrons. The van der Waals surface area contributed by atoms with Crippen LogP contribution in [0.15, 0.2) is 65.1 Å². The van der Waals surface area contributed by atoms with Crippen molar-refractivity contribution in [3.05, 3.63) is 60.2 Å². The minimum Gasteiger partial charge on any atom is -0.302 e. The SMILES string of the molecule is O=C(CCS(=O)(=O)c1ccccc1)Nc1nc(-c2cccnc2)cs1. The second-order valence-electron chi connectivity index (χ2n) is 5.21. The summed E-state index contributed by atoms with van der Waals surface area (Å²) in [6.45, 7) is 0. The Kier molecular flexibility index (Phi) is 5.20. The first kappa shape index (κ1) is 17.2. The Morgan fingerprint density at radius 3 is 2.64 bits per heavy atom. The Hall–Kier alpha value is -2.58. The van der Waals surface area contributed by atoms with E-state index in [0.717, 1.165) is 5.56 Å². The normalized spacial score (nSPS) is 11.2. The Labute approximate surface area is 149 Å². The molecule has 0 spiro atoms. The van der Waals surface area contributed by atoms with Crippen LogP contribution >= 0.6 is 11.3 Å². The molecule has 1 N–H and O–H groups in total. The highest BCUT2D eigenvalue weighted by molar-refractivity contribution is 7.91. The molecular formula is C17H15N3O3S2. The molecule has 0 unspecified atom stereocenters. The van der Waals surface area contributed by atoms with Crippen molar-refractivity contribution in [2.75, 3.05) is 11.1 Å². The van der Waals surface area contributed by atoms with Gasteiger partial charge in [-0.25, -0.2) is 13.4 Å². The van der Waals surface area contributed by atoms with E-state index in [2.05, 4.69) is 15.3 Å². The van der Waals surface area contributed by atoms with E-state index < -0.39 is 9.84 Å². The number of amides is 1. The molecule has 0 bridgehead atoms. The minimum absolute atomic E-state index is 0.126. The quantitative estimate of drug-likeness (QED) is 0.717. The van der Waals surface area contributed by atoms with Crippen molar-refractivity contribution >= 4 is 32.2 Å². The molecule has 3 rings (SSSR count). The highest BCUT2D eigenvalue weighted by Crippen LogP contribution is 2.24. The van der Waals surface area contributed by atoms with Crippen molar-refractivity contribution in [2.24, 2.45) is 0 Å². The van der Waals surface area contributed by atoms with Gasteiger partial charge in [-0.1, -0.05) is 18.2 Å². The molecule has 1 amide bonds. The molecular weight excluding hydrogens is 358 g/mol. The average molecular weight is 373 g/mol. The Morgan fingerprint density at radius 2 is 1.92 bits per heavy atom. The zero-order chi connectivity index (χ0) is 17.7.